The van der Waals surface area contributed by atoms with Gasteiger partial charge in [0.15, 0.2) is 6.29 Å². The molecule has 94 valence electrons. The number of carbonyl (C=O) groups excluding carboxylic acids is 2. The monoisotopic (exact) mass is 249 g/mol. The van der Waals surface area contributed by atoms with Crippen LogP contribution in [-0.4, -0.2) is 23.8 Å². The lowest BCUT2D eigenvalue weighted by Gasteiger charge is -1.98. The molecule has 1 aromatic carbocycles. The van der Waals surface area contributed by atoms with Crippen LogP contribution >= 0.6 is 0 Å². The lowest BCUT2D eigenvalue weighted by atomic mass is 10.1. The number of carbonyl (C=O) groups is 2. The van der Waals surface area contributed by atoms with Gasteiger partial charge in [-0.2, -0.15) is 0 Å². The molecular weight excluding hydrogens is 238 g/mol. The fourth-order valence-corrected chi connectivity index (χ4v) is 1.28. The molecule has 18 heavy (non-hydrogen) atoms. The van der Waals surface area contributed by atoms with Crippen molar-refractivity contribution in [2.45, 2.75) is 6.92 Å². The highest BCUT2D eigenvalue weighted by Gasteiger charge is 2.12. The maximum atomic E-state index is 11.1. The van der Waals surface area contributed by atoms with Crippen molar-refractivity contribution < 1.29 is 19.2 Å². The summed E-state index contributed by atoms with van der Waals surface area (Å²) < 4.78 is 4.67. The summed E-state index contributed by atoms with van der Waals surface area (Å²) in [5.74, 6) is -0.528. The summed E-state index contributed by atoms with van der Waals surface area (Å²) in [5, 5.41) is 10.7. The minimum atomic E-state index is -0.647. The van der Waals surface area contributed by atoms with Crippen molar-refractivity contribution >= 4 is 24.0 Å². The number of benzene rings is 1. The topological polar surface area (TPSA) is 86.5 Å². The van der Waals surface area contributed by atoms with Gasteiger partial charge in [0.25, 0.3) is 5.69 Å². The molecule has 0 aromatic heterocycles. The number of hydrogen-bond acceptors (Lipinski definition) is 5. The average molecular weight is 249 g/mol. The molecule has 0 N–H and O–H groups in total. The Labute approximate surface area is 103 Å². The second kappa shape index (κ2) is 6.29. The zero-order chi connectivity index (χ0) is 13.5. The fraction of sp³-hybridized carbons (Fsp3) is 0.167. The Kier molecular flexibility index (Phi) is 4.74. The molecule has 0 unspecified atom stereocenters. The third kappa shape index (κ3) is 3.51. The van der Waals surface area contributed by atoms with Crippen LogP contribution < -0.4 is 0 Å². The predicted molar refractivity (Wildman–Crippen MR) is 64.2 cm³/mol. The van der Waals surface area contributed by atoms with Gasteiger partial charge in [0.2, 0.25) is 0 Å². The summed E-state index contributed by atoms with van der Waals surface area (Å²) in [6, 6.07) is 4.06. The van der Waals surface area contributed by atoms with Gasteiger partial charge in [-0.25, -0.2) is 4.79 Å². The van der Waals surface area contributed by atoms with E-state index < -0.39 is 10.9 Å². The quantitative estimate of drug-likeness (QED) is 0.262. The molecule has 1 rings (SSSR count). The molecule has 0 heterocycles. The van der Waals surface area contributed by atoms with Crippen LogP contribution in [0.15, 0.2) is 24.3 Å². The van der Waals surface area contributed by atoms with Crippen molar-refractivity contribution in [3.8, 4) is 0 Å². The van der Waals surface area contributed by atoms with E-state index in [1.54, 1.807) is 6.92 Å². The van der Waals surface area contributed by atoms with Gasteiger partial charge in [-0.15, -0.1) is 0 Å². The zero-order valence-corrected chi connectivity index (χ0v) is 9.66. The standard InChI is InChI=1S/C12H11NO5/c1-2-18-12(15)6-4-9-3-5-10(8-14)11(7-9)13(16)17/h3-8H,2H2,1H3. The van der Waals surface area contributed by atoms with Crippen LogP contribution in [0.1, 0.15) is 22.8 Å². The van der Waals surface area contributed by atoms with Crippen molar-refractivity contribution in [1.29, 1.82) is 0 Å². The van der Waals surface area contributed by atoms with Gasteiger partial charge in [-0.05, 0) is 24.6 Å². The molecule has 0 aliphatic carbocycles. The Hall–Kier alpha value is -2.50. The normalized spacial score (nSPS) is 10.3. The van der Waals surface area contributed by atoms with Gasteiger partial charge in [-0.3, -0.25) is 14.9 Å². The van der Waals surface area contributed by atoms with Crippen molar-refractivity contribution in [2.75, 3.05) is 6.61 Å². The lowest BCUT2D eigenvalue weighted by Crippen LogP contribution is -1.99. The van der Waals surface area contributed by atoms with Crippen LogP contribution in [0, 0.1) is 10.1 Å². The Balaban J connectivity index is 2.98. The van der Waals surface area contributed by atoms with Gasteiger partial charge in [0, 0.05) is 12.1 Å². The average Bonchev–Trinajstić information content (AvgIpc) is 2.36. The highest BCUT2D eigenvalue weighted by molar-refractivity contribution is 5.88. The second-order valence-electron chi connectivity index (χ2n) is 3.28. The number of hydrogen-bond donors (Lipinski definition) is 0. The number of esters is 1. The Morgan fingerprint density at radius 3 is 2.78 bits per heavy atom. The van der Waals surface area contributed by atoms with E-state index in [4.69, 9.17) is 0 Å². The van der Waals surface area contributed by atoms with Crippen LogP contribution in [0.5, 0.6) is 0 Å². The van der Waals surface area contributed by atoms with Crippen LogP contribution in [-0.2, 0) is 9.53 Å². The van der Waals surface area contributed by atoms with Crippen LogP contribution in [0.2, 0.25) is 0 Å². The first kappa shape index (κ1) is 13.6. The minimum Gasteiger partial charge on any atom is -0.463 e. The van der Waals surface area contributed by atoms with Crippen LogP contribution in [0.3, 0.4) is 0 Å². The van der Waals surface area contributed by atoms with E-state index in [2.05, 4.69) is 4.74 Å². The van der Waals surface area contributed by atoms with Crippen molar-refractivity contribution in [3.05, 3.63) is 45.5 Å². The molecule has 1 aromatic rings. The molecule has 0 aliphatic heterocycles. The molecule has 0 atom stereocenters. The summed E-state index contributed by atoms with van der Waals surface area (Å²) >= 11 is 0. The maximum Gasteiger partial charge on any atom is 0.330 e. The van der Waals surface area contributed by atoms with Gasteiger partial charge in [0.1, 0.15) is 0 Å². The van der Waals surface area contributed by atoms with Crippen LogP contribution in [0.4, 0.5) is 5.69 Å². The Morgan fingerprint density at radius 1 is 1.50 bits per heavy atom. The molecular formula is C12H11NO5. The molecule has 0 aliphatic rings. The number of nitrogens with zero attached hydrogens (tertiary/aromatic N) is 1. The fourth-order valence-electron chi connectivity index (χ4n) is 1.28. The Bertz CT molecular complexity index is 507. The third-order valence-electron chi connectivity index (χ3n) is 2.08. The number of nitro groups is 1. The zero-order valence-electron chi connectivity index (χ0n) is 9.66. The first-order valence-electron chi connectivity index (χ1n) is 5.17. The maximum absolute atomic E-state index is 11.1. The summed E-state index contributed by atoms with van der Waals surface area (Å²) in [4.78, 5) is 31.7. The van der Waals surface area contributed by atoms with E-state index in [0.29, 0.717) is 11.8 Å². The van der Waals surface area contributed by atoms with Crippen LogP contribution in [0.25, 0.3) is 6.08 Å². The van der Waals surface area contributed by atoms with E-state index in [9.17, 15) is 19.7 Å². The number of aldehydes is 1. The smallest absolute Gasteiger partial charge is 0.330 e. The molecule has 0 amide bonds. The largest absolute Gasteiger partial charge is 0.463 e. The molecule has 0 fully saturated rings. The molecule has 6 heteroatoms. The van der Waals surface area contributed by atoms with Gasteiger partial charge >= 0.3 is 5.97 Å². The molecule has 0 spiro atoms. The highest BCUT2D eigenvalue weighted by atomic mass is 16.6. The minimum absolute atomic E-state index is 0.00622. The number of nitro benzene ring substituents is 1. The van der Waals surface area contributed by atoms with Crippen molar-refractivity contribution in [1.82, 2.24) is 0 Å². The lowest BCUT2D eigenvalue weighted by molar-refractivity contribution is -0.385. The second-order valence-corrected chi connectivity index (χ2v) is 3.28. The predicted octanol–water partition coefficient (Wildman–Crippen LogP) is 1.98. The van der Waals surface area contributed by atoms with E-state index >= 15 is 0 Å². The van der Waals surface area contributed by atoms with Gasteiger partial charge < -0.3 is 4.74 Å². The Morgan fingerprint density at radius 2 is 2.22 bits per heavy atom. The van der Waals surface area contributed by atoms with E-state index in [1.165, 1.54) is 30.4 Å². The van der Waals surface area contributed by atoms with Crippen molar-refractivity contribution in [2.24, 2.45) is 0 Å². The first-order chi connectivity index (χ1) is 8.58. The molecule has 0 saturated heterocycles. The number of ether oxygens (including phenoxy) is 1. The summed E-state index contributed by atoms with van der Waals surface area (Å²) in [6.45, 7) is 1.93. The third-order valence-corrected chi connectivity index (χ3v) is 2.08. The molecule has 0 bridgehead atoms. The van der Waals surface area contributed by atoms with E-state index in [0.717, 1.165) is 0 Å². The highest BCUT2D eigenvalue weighted by Crippen LogP contribution is 2.19. The van der Waals surface area contributed by atoms with Gasteiger partial charge in [0.05, 0.1) is 17.1 Å². The van der Waals surface area contributed by atoms with Gasteiger partial charge in [-0.1, -0.05) is 6.07 Å². The summed E-state index contributed by atoms with van der Waals surface area (Å²) in [7, 11) is 0. The molecule has 6 nitrogen and oxygen atoms in total. The summed E-state index contributed by atoms with van der Waals surface area (Å²) in [5.41, 5.74) is 0.143. The summed E-state index contributed by atoms with van der Waals surface area (Å²) in [6.07, 6.45) is 2.97. The number of rotatable bonds is 5. The molecule has 0 saturated carbocycles. The van der Waals surface area contributed by atoms with E-state index in [1.807, 2.05) is 0 Å². The first-order valence-corrected chi connectivity index (χ1v) is 5.17. The molecule has 0 radical (unpaired) electrons. The SMILES string of the molecule is CCOC(=O)C=Cc1ccc(C=O)c([N+](=O)[O-])c1. The van der Waals surface area contributed by atoms with E-state index in [-0.39, 0.29) is 17.9 Å². The van der Waals surface area contributed by atoms with Crippen molar-refractivity contribution in [3.63, 3.8) is 0 Å².